The first-order chi connectivity index (χ1) is 10.9. The molecule has 7 heteroatoms. The van der Waals surface area contributed by atoms with Crippen molar-refractivity contribution >= 4 is 11.6 Å². The van der Waals surface area contributed by atoms with Crippen LogP contribution < -0.4 is 5.32 Å². The topological polar surface area (TPSA) is 96.0 Å². The van der Waals surface area contributed by atoms with Gasteiger partial charge in [0, 0.05) is 23.7 Å². The molecular formula is C16H12FN3O3. The maximum Gasteiger partial charge on any atom is 0.275 e. The van der Waals surface area contributed by atoms with Gasteiger partial charge < -0.3 is 5.32 Å². The summed E-state index contributed by atoms with van der Waals surface area (Å²) in [4.78, 5) is 22.5. The van der Waals surface area contributed by atoms with Crippen molar-refractivity contribution in [1.29, 1.82) is 5.26 Å². The van der Waals surface area contributed by atoms with Crippen LogP contribution >= 0.6 is 0 Å². The molecule has 2 rings (SSSR count). The Kier molecular flexibility index (Phi) is 4.66. The third-order valence-electron chi connectivity index (χ3n) is 3.27. The van der Waals surface area contributed by atoms with E-state index in [1.54, 1.807) is 0 Å². The molecule has 1 amide bonds. The van der Waals surface area contributed by atoms with Crippen LogP contribution in [0.15, 0.2) is 36.4 Å². The van der Waals surface area contributed by atoms with Gasteiger partial charge >= 0.3 is 0 Å². The highest BCUT2D eigenvalue weighted by Gasteiger charge is 2.16. The molecule has 0 aliphatic carbocycles. The van der Waals surface area contributed by atoms with E-state index in [1.165, 1.54) is 37.3 Å². The Bertz CT molecular complexity index is 828. The minimum absolute atomic E-state index is 0.0721. The maximum absolute atomic E-state index is 13.2. The molecule has 0 atom stereocenters. The van der Waals surface area contributed by atoms with Gasteiger partial charge in [0.05, 0.1) is 16.6 Å². The van der Waals surface area contributed by atoms with E-state index in [1.807, 2.05) is 6.07 Å². The molecule has 0 heterocycles. The lowest BCUT2D eigenvalue weighted by atomic mass is 10.1. The van der Waals surface area contributed by atoms with Crippen molar-refractivity contribution in [1.82, 2.24) is 5.32 Å². The zero-order chi connectivity index (χ0) is 17.0. The lowest BCUT2D eigenvalue weighted by molar-refractivity contribution is -0.385. The average molecular weight is 313 g/mol. The molecule has 0 saturated carbocycles. The van der Waals surface area contributed by atoms with Gasteiger partial charge in [-0.25, -0.2) is 4.39 Å². The summed E-state index contributed by atoms with van der Waals surface area (Å²) in [5.74, 6) is -0.879. The van der Waals surface area contributed by atoms with Gasteiger partial charge in [-0.3, -0.25) is 14.9 Å². The SMILES string of the molecule is Cc1cc(C(=O)NCc2ccc(C#N)cc2[N+](=O)[O-])ccc1F. The molecule has 0 fully saturated rings. The molecule has 0 saturated heterocycles. The quantitative estimate of drug-likeness (QED) is 0.693. The lowest BCUT2D eigenvalue weighted by Gasteiger charge is -2.07. The normalized spacial score (nSPS) is 9.96. The number of nitrogens with zero attached hydrogens (tertiary/aromatic N) is 2. The standard InChI is InChI=1S/C16H12FN3O3/c1-10-6-12(4-5-14(10)17)16(21)19-9-13-3-2-11(8-18)7-15(13)20(22)23/h2-7H,9H2,1H3,(H,19,21). The maximum atomic E-state index is 13.2. The second kappa shape index (κ2) is 6.66. The monoisotopic (exact) mass is 313 g/mol. The van der Waals surface area contributed by atoms with Crippen molar-refractivity contribution in [2.24, 2.45) is 0 Å². The fourth-order valence-electron chi connectivity index (χ4n) is 2.02. The van der Waals surface area contributed by atoms with E-state index in [4.69, 9.17) is 5.26 Å². The van der Waals surface area contributed by atoms with Gasteiger partial charge in [0.15, 0.2) is 0 Å². The van der Waals surface area contributed by atoms with E-state index < -0.39 is 16.6 Å². The summed E-state index contributed by atoms with van der Waals surface area (Å²) >= 11 is 0. The Morgan fingerprint density at radius 3 is 2.70 bits per heavy atom. The molecule has 6 nitrogen and oxygen atoms in total. The number of rotatable bonds is 4. The number of hydrogen-bond acceptors (Lipinski definition) is 4. The summed E-state index contributed by atoms with van der Waals surface area (Å²) in [6.45, 7) is 1.47. The van der Waals surface area contributed by atoms with Crippen LogP contribution in [-0.4, -0.2) is 10.8 Å². The lowest BCUT2D eigenvalue weighted by Crippen LogP contribution is -2.23. The zero-order valence-electron chi connectivity index (χ0n) is 12.2. The summed E-state index contributed by atoms with van der Waals surface area (Å²) in [5, 5.41) is 22.4. The molecule has 0 aliphatic heterocycles. The van der Waals surface area contributed by atoms with E-state index in [0.29, 0.717) is 5.56 Å². The second-order valence-corrected chi connectivity index (χ2v) is 4.86. The molecule has 0 spiro atoms. The highest BCUT2D eigenvalue weighted by Crippen LogP contribution is 2.20. The van der Waals surface area contributed by atoms with E-state index in [0.717, 1.165) is 6.07 Å². The van der Waals surface area contributed by atoms with Gasteiger partial charge in [0.1, 0.15) is 5.82 Å². The predicted octanol–water partition coefficient (Wildman–Crippen LogP) is 2.84. The van der Waals surface area contributed by atoms with Crippen LogP contribution in [0, 0.1) is 34.2 Å². The van der Waals surface area contributed by atoms with Gasteiger partial charge in [-0.2, -0.15) is 5.26 Å². The van der Waals surface area contributed by atoms with Gasteiger partial charge in [0.2, 0.25) is 0 Å². The number of hydrogen-bond donors (Lipinski definition) is 1. The van der Waals surface area contributed by atoms with E-state index in [9.17, 15) is 19.3 Å². The van der Waals surface area contributed by atoms with Gasteiger partial charge in [0.25, 0.3) is 11.6 Å². The van der Waals surface area contributed by atoms with Crippen molar-refractivity contribution in [2.45, 2.75) is 13.5 Å². The van der Waals surface area contributed by atoms with Crippen LogP contribution in [0.25, 0.3) is 0 Å². The van der Waals surface area contributed by atoms with Crippen LogP contribution in [0.3, 0.4) is 0 Å². The van der Waals surface area contributed by atoms with Crippen LogP contribution in [0.1, 0.15) is 27.0 Å². The number of amides is 1. The van der Waals surface area contributed by atoms with Crippen LogP contribution in [0.5, 0.6) is 0 Å². The summed E-state index contributed by atoms with van der Waals surface area (Å²) < 4.78 is 13.2. The van der Waals surface area contributed by atoms with Crippen molar-refractivity contribution in [3.63, 3.8) is 0 Å². The average Bonchev–Trinajstić information content (AvgIpc) is 2.54. The molecule has 23 heavy (non-hydrogen) atoms. The summed E-state index contributed by atoms with van der Waals surface area (Å²) in [6, 6.07) is 9.77. The number of nitro groups is 1. The van der Waals surface area contributed by atoms with E-state index >= 15 is 0 Å². The van der Waals surface area contributed by atoms with Gasteiger partial charge in [-0.1, -0.05) is 0 Å². The first kappa shape index (κ1) is 16.1. The Balaban J connectivity index is 2.17. The minimum atomic E-state index is -0.607. The molecule has 0 aromatic heterocycles. The highest BCUT2D eigenvalue weighted by atomic mass is 19.1. The number of halogens is 1. The van der Waals surface area contributed by atoms with Crippen LogP contribution in [0.2, 0.25) is 0 Å². The summed E-state index contributed by atoms with van der Waals surface area (Å²) in [6.07, 6.45) is 0. The molecule has 0 aliphatic rings. The molecule has 0 unspecified atom stereocenters. The van der Waals surface area contributed by atoms with Gasteiger partial charge in [-0.15, -0.1) is 0 Å². The van der Waals surface area contributed by atoms with Crippen molar-refractivity contribution < 1.29 is 14.1 Å². The largest absolute Gasteiger partial charge is 0.348 e. The van der Waals surface area contributed by atoms with E-state index in [-0.39, 0.29) is 28.9 Å². The molecule has 2 aromatic carbocycles. The fourth-order valence-corrected chi connectivity index (χ4v) is 2.02. The van der Waals surface area contributed by atoms with Crippen molar-refractivity contribution in [3.8, 4) is 6.07 Å². The number of nitro benzene ring substituents is 1. The molecule has 116 valence electrons. The Hall–Kier alpha value is -3.27. The van der Waals surface area contributed by atoms with Crippen molar-refractivity contribution in [3.05, 3.63) is 74.6 Å². The molecule has 0 radical (unpaired) electrons. The Morgan fingerprint density at radius 2 is 2.09 bits per heavy atom. The van der Waals surface area contributed by atoms with Crippen LogP contribution in [-0.2, 0) is 6.54 Å². The number of carbonyl (C=O) groups is 1. The third-order valence-corrected chi connectivity index (χ3v) is 3.27. The third kappa shape index (κ3) is 3.68. The number of nitriles is 1. The Labute approximate surface area is 131 Å². The van der Waals surface area contributed by atoms with Crippen LogP contribution in [0.4, 0.5) is 10.1 Å². The first-order valence-corrected chi connectivity index (χ1v) is 6.64. The predicted molar refractivity (Wildman–Crippen MR) is 80.1 cm³/mol. The number of carbonyl (C=O) groups excluding carboxylic acids is 1. The molecule has 2 aromatic rings. The van der Waals surface area contributed by atoms with E-state index in [2.05, 4.69) is 5.32 Å². The second-order valence-electron chi connectivity index (χ2n) is 4.86. The van der Waals surface area contributed by atoms with Crippen molar-refractivity contribution in [2.75, 3.05) is 0 Å². The zero-order valence-corrected chi connectivity index (χ0v) is 12.2. The molecular weight excluding hydrogens is 301 g/mol. The number of aryl methyl sites for hydroxylation is 1. The van der Waals surface area contributed by atoms with Gasteiger partial charge in [-0.05, 0) is 42.8 Å². The fraction of sp³-hybridized carbons (Fsp3) is 0.125. The molecule has 0 bridgehead atoms. The highest BCUT2D eigenvalue weighted by molar-refractivity contribution is 5.94. The molecule has 1 N–H and O–H groups in total. The number of nitrogens with one attached hydrogen (secondary N) is 1. The Morgan fingerprint density at radius 1 is 1.35 bits per heavy atom. The minimum Gasteiger partial charge on any atom is -0.348 e. The first-order valence-electron chi connectivity index (χ1n) is 6.64. The number of benzene rings is 2. The smallest absolute Gasteiger partial charge is 0.275 e. The summed E-state index contributed by atoms with van der Waals surface area (Å²) in [5.41, 5.74) is 0.809. The summed E-state index contributed by atoms with van der Waals surface area (Å²) in [7, 11) is 0.